The van der Waals surface area contributed by atoms with Gasteiger partial charge in [0.2, 0.25) is 11.9 Å². The van der Waals surface area contributed by atoms with Gasteiger partial charge in [0.05, 0.1) is 25.7 Å². The number of ether oxygens (including phenoxy) is 1. The molecule has 0 bridgehead atoms. The quantitative estimate of drug-likeness (QED) is 0.677. The molecule has 0 unspecified atom stereocenters. The summed E-state index contributed by atoms with van der Waals surface area (Å²) >= 11 is 0. The largest absolute Gasteiger partial charge is 0.373 e. The van der Waals surface area contributed by atoms with Gasteiger partial charge < -0.3 is 15.8 Å². The number of hydrogen-bond acceptors (Lipinski definition) is 6. The number of amides is 1. The summed E-state index contributed by atoms with van der Waals surface area (Å²) in [5.74, 6) is -0.295. The maximum Gasteiger partial charge on any atom is 0.276 e. The second-order valence-corrected chi connectivity index (χ2v) is 5.07. The second kappa shape index (κ2) is 8.04. The minimum Gasteiger partial charge on any atom is -0.373 e. The molecule has 122 valence electrons. The van der Waals surface area contributed by atoms with Gasteiger partial charge in [-0.3, -0.25) is 14.6 Å². The highest BCUT2D eigenvalue weighted by Gasteiger charge is 2.11. The highest BCUT2D eigenvalue weighted by molar-refractivity contribution is 5.76. The first-order valence-electron chi connectivity index (χ1n) is 7.18. The number of nitrogen functional groups attached to an aromatic ring is 1. The van der Waals surface area contributed by atoms with Gasteiger partial charge >= 0.3 is 0 Å². The fraction of sp³-hybridized carbons (Fsp3) is 0.333. The van der Waals surface area contributed by atoms with E-state index in [1.165, 1.54) is 0 Å². The minimum absolute atomic E-state index is 0.00709. The number of H-pyrrole nitrogens is 1. The van der Waals surface area contributed by atoms with E-state index in [1.54, 1.807) is 0 Å². The maximum absolute atomic E-state index is 11.8. The van der Waals surface area contributed by atoms with Crippen LogP contribution in [0, 0.1) is 0 Å². The van der Waals surface area contributed by atoms with Crippen LogP contribution < -0.4 is 16.6 Å². The Kier molecular flexibility index (Phi) is 5.81. The zero-order chi connectivity index (χ0) is 16.7. The number of anilines is 1. The molecular weight excluding hydrogens is 298 g/mol. The third kappa shape index (κ3) is 5.51. The average Bonchev–Trinajstić information content (AvgIpc) is 2.53. The molecule has 1 heterocycles. The normalized spacial score (nSPS) is 11.9. The van der Waals surface area contributed by atoms with Crippen LogP contribution in [0.15, 0.2) is 35.1 Å². The van der Waals surface area contributed by atoms with Crippen molar-refractivity contribution in [2.24, 2.45) is 0 Å². The van der Waals surface area contributed by atoms with Gasteiger partial charge in [-0.15, -0.1) is 10.2 Å². The third-order valence-electron chi connectivity index (χ3n) is 3.09. The molecule has 2 rings (SSSR count). The summed E-state index contributed by atoms with van der Waals surface area (Å²) in [6.45, 7) is 2.25. The van der Waals surface area contributed by atoms with Crippen LogP contribution in [0.4, 0.5) is 5.95 Å². The molecule has 2 aromatic rings. The van der Waals surface area contributed by atoms with Crippen LogP contribution in [0.5, 0.6) is 0 Å². The van der Waals surface area contributed by atoms with Crippen molar-refractivity contribution >= 4 is 11.9 Å². The fourth-order valence-corrected chi connectivity index (χ4v) is 1.88. The number of nitrogens with one attached hydrogen (secondary N) is 2. The van der Waals surface area contributed by atoms with Gasteiger partial charge in [0.25, 0.3) is 5.56 Å². The molecule has 0 aliphatic heterocycles. The van der Waals surface area contributed by atoms with Gasteiger partial charge in [0.1, 0.15) is 5.69 Å². The van der Waals surface area contributed by atoms with Gasteiger partial charge in [-0.25, -0.2) is 0 Å². The number of aromatic nitrogens is 3. The number of benzene rings is 1. The molecule has 4 N–H and O–H groups in total. The molecule has 1 aromatic heterocycles. The molecule has 0 fully saturated rings. The molecule has 23 heavy (non-hydrogen) atoms. The summed E-state index contributed by atoms with van der Waals surface area (Å²) in [6.07, 6.45) is -0.0568. The van der Waals surface area contributed by atoms with Crippen molar-refractivity contribution in [1.29, 1.82) is 0 Å². The topological polar surface area (TPSA) is 123 Å². The first kappa shape index (κ1) is 16.6. The lowest BCUT2D eigenvalue weighted by molar-refractivity contribution is -0.124. The van der Waals surface area contributed by atoms with Crippen LogP contribution >= 0.6 is 0 Å². The summed E-state index contributed by atoms with van der Waals surface area (Å²) < 4.78 is 5.62. The smallest absolute Gasteiger partial charge is 0.276 e. The Hall–Kier alpha value is -2.74. The molecule has 0 aliphatic carbocycles. The van der Waals surface area contributed by atoms with Crippen molar-refractivity contribution in [3.8, 4) is 0 Å². The summed E-state index contributed by atoms with van der Waals surface area (Å²) in [7, 11) is 0. The first-order valence-corrected chi connectivity index (χ1v) is 7.18. The standard InChI is InChI=1S/C15H19N5O3/c1-10(23-9-11-5-3-2-4-6-11)7-13(21)17-8-12-14(22)18-15(16)20-19-12/h2-6,10H,7-9H2,1H3,(H,17,21)(H3,16,18,20,22)/t10-/m1/s1. The summed E-state index contributed by atoms with van der Waals surface area (Å²) in [4.78, 5) is 25.7. The molecule has 8 heteroatoms. The molecule has 1 aromatic carbocycles. The highest BCUT2D eigenvalue weighted by Crippen LogP contribution is 2.05. The van der Waals surface area contributed by atoms with Gasteiger partial charge in [0, 0.05) is 0 Å². The molecule has 1 atom stereocenters. The number of carbonyl (C=O) groups excluding carboxylic acids is 1. The van der Waals surface area contributed by atoms with Crippen molar-refractivity contribution in [2.45, 2.75) is 32.6 Å². The van der Waals surface area contributed by atoms with Crippen LogP contribution in [-0.2, 0) is 22.7 Å². The van der Waals surface area contributed by atoms with Gasteiger partial charge in [-0.05, 0) is 12.5 Å². The minimum atomic E-state index is -0.467. The molecule has 0 radical (unpaired) electrons. The van der Waals surface area contributed by atoms with Crippen molar-refractivity contribution in [1.82, 2.24) is 20.5 Å². The van der Waals surface area contributed by atoms with Crippen LogP contribution in [0.25, 0.3) is 0 Å². The number of nitrogens with two attached hydrogens (primary N) is 1. The third-order valence-corrected chi connectivity index (χ3v) is 3.09. The number of hydrogen-bond donors (Lipinski definition) is 3. The second-order valence-electron chi connectivity index (χ2n) is 5.07. The fourth-order valence-electron chi connectivity index (χ4n) is 1.88. The molecule has 0 aliphatic rings. The Balaban J connectivity index is 1.74. The number of nitrogens with zero attached hydrogens (tertiary/aromatic N) is 2. The van der Waals surface area contributed by atoms with E-state index in [1.807, 2.05) is 37.3 Å². The van der Waals surface area contributed by atoms with Crippen LogP contribution in [0.2, 0.25) is 0 Å². The van der Waals surface area contributed by atoms with E-state index >= 15 is 0 Å². The van der Waals surface area contributed by atoms with Gasteiger partial charge in [-0.1, -0.05) is 30.3 Å². The van der Waals surface area contributed by atoms with E-state index in [2.05, 4.69) is 20.5 Å². The van der Waals surface area contributed by atoms with Crippen molar-refractivity contribution in [3.63, 3.8) is 0 Å². The molecule has 8 nitrogen and oxygen atoms in total. The monoisotopic (exact) mass is 317 g/mol. The zero-order valence-electron chi connectivity index (χ0n) is 12.8. The summed E-state index contributed by atoms with van der Waals surface area (Å²) in [6, 6.07) is 9.71. The zero-order valence-corrected chi connectivity index (χ0v) is 12.8. The predicted octanol–water partition coefficient (Wildman–Crippen LogP) is 0.359. The van der Waals surface area contributed by atoms with Crippen LogP contribution in [0.1, 0.15) is 24.6 Å². The first-order chi connectivity index (χ1) is 11.0. The highest BCUT2D eigenvalue weighted by atomic mass is 16.5. The summed E-state index contributed by atoms with van der Waals surface area (Å²) in [5, 5.41) is 9.78. The molecular formula is C15H19N5O3. The Labute approximate surface area is 133 Å². The number of carbonyl (C=O) groups is 1. The van der Waals surface area contributed by atoms with Crippen LogP contribution in [0.3, 0.4) is 0 Å². The van der Waals surface area contributed by atoms with E-state index < -0.39 is 5.56 Å². The summed E-state index contributed by atoms with van der Waals surface area (Å²) in [5.41, 5.74) is 5.98. The van der Waals surface area contributed by atoms with Crippen molar-refractivity contribution in [3.05, 3.63) is 51.9 Å². The van der Waals surface area contributed by atoms with E-state index in [0.717, 1.165) is 5.56 Å². The predicted molar refractivity (Wildman–Crippen MR) is 84.2 cm³/mol. The molecule has 0 saturated carbocycles. The Morgan fingerprint density at radius 3 is 2.78 bits per heavy atom. The van der Waals surface area contributed by atoms with Crippen molar-refractivity contribution < 1.29 is 9.53 Å². The van der Waals surface area contributed by atoms with E-state index in [0.29, 0.717) is 6.61 Å². The average molecular weight is 317 g/mol. The Bertz CT molecular complexity index is 702. The lowest BCUT2D eigenvalue weighted by Gasteiger charge is -2.13. The van der Waals surface area contributed by atoms with E-state index in [9.17, 15) is 9.59 Å². The number of rotatable bonds is 7. The Morgan fingerprint density at radius 2 is 2.09 bits per heavy atom. The Morgan fingerprint density at radius 1 is 1.35 bits per heavy atom. The van der Waals surface area contributed by atoms with E-state index in [-0.39, 0.29) is 36.6 Å². The number of aromatic amines is 1. The van der Waals surface area contributed by atoms with Crippen molar-refractivity contribution in [2.75, 3.05) is 5.73 Å². The SMILES string of the molecule is C[C@H](CC(=O)NCc1nnc(N)[nH]c1=O)OCc1ccccc1. The van der Waals surface area contributed by atoms with Crippen LogP contribution in [-0.4, -0.2) is 27.2 Å². The molecule has 0 spiro atoms. The maximum atomic E-state index is 11.8. The van der Waals surface area contributed by atoms with Gasteiger partial charge in [0.15, 0.2) is 0 Å². The van der Waals surface area contributed by atoms with E-state index in [4.69, 9.17) is 10.5 Å². The molecule has 0 saturated heterocycles. The molecule has 1 amide bonds. The lowest BCUT2D eigenvalue weighted by atomic mass is 10.2. The lowest BCUT2D eigenvalue weighted by Crippen LogP contribution is -2.31. The van der Waals surface area contributed by atoms with Gasteiger partial charge in [-0.2, -0.15) is 0 Å².